The Hall–Kier alpha value is -0.260. The fourth-order valence-electron chi connectivity index (χ4n) is 5.31. The van der Waals surface area contributed by atoms with Gasteiger partial charge in [0.15, 0.2) is 0 Å². The van der Waals surface area contributed by atoms with Gasteiger partial charge in [0, 0.05) is 0 Å². The van der Waals surface area contributed by atoms with Crippen molar-refractivity contribution < 1.29 is 0 Å². The molecular weight excluding hydrogens is 264 g/mol. The second-order valence-corrected chi connectivity index (χ2v) is 9.03. The van der Waals surface area contributed by atoms with Gasteiger partial charge in [0.2, 0.25) is 0 Å². The average molecular weight is 305 g/mol. The van der Waals surface area contributed by atoms with Crippen LogP contribution in [0.1, 0.15) is 92.4 Å². The Kier molecular flexibility index (Phi) is 6.20. The van der Waals surface area contributed by atoms with Gasteiger partial charge in [0.05, 0.1) is 0 Å². The van der Waals surface area contributed by atoms with Crippen molar-refractivity contribution >= 4 is 0 Å². The van der Waals surface area contributed by atoms with E-state index in [2.05, 4.69) is 41.2 Å². The van der Waals surface area contributed by atoms with Gasteiger partial charge in [-0.25, -0.2) is 0 Å². The Morgan fingerprint density at radius 3 is 2.36 bits per heavy atom. The largest absolute Gasteiger partial charge is 0.0999 e. The number of hydrogen-bond donors (Lipinski definition) is 0. The topological polar surface area (TPSA) is 0 Å². The average Bonchev–Trinajstić information content (AvgIpc) is 3.29. The first kappa shape index (κ1) is 18.1. The Bertz CT molecular complexity index is 364. The molecule has 2 saturated carbocycles. The molecule has 5 unspecified atom stereocenters. The molecule has 5 atom stereocenters. The highest BCUT2D eigenvalue weighted by atomic mass is 14.5. The minimum absolute atomic E-state index is 0.543. The summed E-state index contributed by atoms with van der Waals surface area (Å²) >= 11 is 0. The van der Waals surface area contributed by atoms with Crippen LogP contribution in [0.5, 0.6) is 0 Å². The van der Waals surface area contributed by atoms with Crippen LogP contribution in [-0.2, 0) is 0 Å². The fourth-order valence-corrected chi connectivity index (χ4v) is 5.31. The van der Waals surface area contributed by atoms with E-state index in [1.807, 2.05) is 0 Å². The van der Waals surface area contributed by atoms with Crippen LogP contribution in [0.15, 0.2) is 12.2 Å². The summed E-state index contributed by atoms with van der Waals surface area (Å²) in [6.07, 6.45) is 13.0. The van der Waals surface area contributed by atoms with Crippen molar-refractivity contribution in [3.8, 4) is 0 Å². The van der Waals surface area contributed by atoms with E-state index in [1.54, 1.807) is 0 Å². The molecular formula is C22H40. The van der Waals surface area contributed by atoms with Crippen molar-refractivity contribution in [2.45, 2.75) is 92.4 Å². The van der Waals surface area contributed by atoms with Crippen LogP contribution < -0.4 is 0 Å². The SMILES string of the molecule is C=C(C)C(C)C1(CC(C)C2CC2)CCCC(C)C(CC)CC1. The predicted molar refractivity (Wildman–Crippen MR) is 98.9 cm³/mol. The summed E-state index contributed by atoms with van der Waals surface area (Å²) in [5.74, 6) is 4.55. The van der Waals surface area contributed by atoms with Crippen molar-refractivity contribution in [1.82, 2.24) is 0 Å². The molecule has 0 aromatic rings. The first-order valence-electron chi connectivity index (χ1n) is 10.0. The van der Waals surface area contributed by atoms with Crippen molar-refractivity contribution in [2.24, 2.45) is 35.0 Å². The Labute approximate surface area is 140 Å². The lowest BCUT2D eigenvalue weighted by molar-refractivity contribution is 0.0788. The Morgan fingerprint density at radius 2 is 1.82 bits per heavy atom. The summed E-state index contributed by atoms with van der Waals surface area (Å²) in [5.41, 5.74) is 1.96. The highest BCUT2D eigenvalue weighted by Crippen LogP contribution is 2.52. The standard InChI is InChI=1S/C22H40/c1-7-20-12-14-22(19(6)16(2)3,13-8-9-17(20)4)15-18(5)21-10-11-21/h17-21H,2,7-15H2,1,3-6H3. The molecule has 0 aromatic carbocycles. The third-order valence-corrected chi connectivity index (χ3v) is 7.49. The molecule has 2 fully saturated rings. The first-order valence-corrected chi connectivity index (χ1v) is 10.0. The van der Waals surface area contributed by atoms with Crippen LogP contribution in [-0.4, -0.2) is 0 Å². The molecule has 2 rings (SSSR count). The van der Waals surface area contributed by atoms with E-state index in [-0.39, 0.29) is 0 Å². The quantitative estimate of drug-likeness (QED) is 0.453. The minimum atomic E-state index is 0.543. The van der Waals surface area contributed by atoms with Crippen LogP contribution in [0.3, 0.4) is 0 Å². The van der Waals surface area contributed by atoms with E-state index < -0.39 is 0 Å². The first-order chi connectivity index (χ1) is 10.4. The highest BCUT2D eigenvalue weighted by molar-refractivity contribution is 5.05. The molecule has 22 heavy (non-hydrogen) atoms. The second kappa shape index (κ2) is 7.54. The Morgan fingerprint density at radius 1 is 1.14 bits per heavy atom. The highest BCUT2D eigenvalue weighted by Gasteiger charge is 2.41. The summed E-state index contributed by atoms with van der Waals surface area (Å²) < 4.78 is 0. The zero-order valence-electron chi connectivity index (χ0n) is 16.0. The molecule has 0 aliphatic heterocycles. The number of hydrogen-bond acceptors (Lipinski definition) is 0. The van der Waals surface area contributed by atoms with Crippen molar-refractivity contribution in [3.05, 3.63) is 12.2 Å². The maximum absolute atomic E-state index is 4.35. The van der Waals surface area contributed by atoms with Gasteiger partial charge >= 0.3 is 0 Å². The summed E-state index contributed by atoms with van der Waals surface area (Å²) in [5, 5.41) is 0. The molecule has 2 aliphatic rings. The summed E-state index contributed by atoms with van der Waals surface area (Å²) in [7, 11) is 0. The molecule has 0 N–H and O–H groups in total. The molecule has 0 bridgehead atoms. The maximum atomic E-state index is 4.35. The molecule has 0 nitrogen and oxygen atoms in total. The van der Waals surface area contributed by atoms with Crippen LogP contribution in [0, 0.1) is 35.0 Å². The summed E-state index contributed by atoms with van der Waals surface area (Å²) in [6, 6.07) is 0. The van der Waals surface area contributed by atoms with E-state index in [0.29, 0.717) is 11.3 Å². The second-order valence-electron chi connectivity index (χ2n) is 9.03. The predicted octanol–water partition coefficient (Wildman–Crippen LogP) is 7.25. The van der Waals surface area contributed by atoms with E-state index in [1.165, 1.54) is 63.4 Å². The molecule has 0 heteroatoms. The van der Waals surface area contributed by atoms with Gasteiger partial charge in [-0.05, 0) is 80.5 Å². The van der Waals surface area contributed by atoms with Crippen molar-refractivity contribution in [1.29, 1.82) is 0 Å². The lowest BCUT2D eigenvalue weighted by Crippen LogP contribution is -2.35. The van der Waals surface area contributed by atoms with Crippen LogP contribution in [0.4, 0.5) is 0 Å². The van der Waals surface area contributed by atoms with Gasteiger partial charge in [-0.15, -0.1) is 0 Å². The lowest BCUT2D eigenvalue weighted by atomic mass is 9.60. The number of allylic oxidation sites excluding steroid dienone is 1. The summed E-state index contributed by atoms with van der Waals surface area (Å²) in [4.78, 5) is 0. The van der Waals surface area contributed by atoms with Gasteiger partial charge in [-0.1, -0.05) is 59.1 Å². The molecule has 128 valence electrons. The third kappa shape index (κ3) is 4.18. The van der Waals surface area contributed by atoms with Crippen LogP contribution >= 0.6 is 0 Å². The molecule has 0 heterocycles. The number of rotatable bonds is 6. The molecule has 0 aromatic heterocycles. The molecule has 2 aliphatic carbocycles. The van der Waals surface area contributed by atoms with E-state index in [0.717, 1.165) is 23.7 Å². The molecule has 0 radical (unpaired) electrons. The fraction of sp³-hybridized carbons (Fsp3) is 0.909. The smallest absolute Gasteiger partial charge is 0.0180 e. The van der Waals surface area contributed by atoms with E-state index in [4.69, 9.17) is 0 Å². The zero-order valence-corrected chi connectivity index (χ0v) is 16.0. The summed E-state index contributed by atoms with van der Waals surface area (Å²) in [6.45, 7) is 16.5. The normalized spacial score (nSPS) is 36.2. The maximum Gasteiger partial charge on any atom is -0.0180 e. The van der Waals surface area contributed by atoms with E-state index in [9.17, 15) is 0 Å². The van der Waals surface area contributed by atoms with Gasteiger partial charge in [0.25, 0.3) is 0 Å². The van der Waals surface area contributed by atoms with Crippen LogP contribution in [0.2, 0.25) is 0 Å². The van der Waals surface area contributed by atoms with Gasteiger partial charge < -0.3 is 0 Å². The van der Waals surface area contributed by atoms with Gasteiger partial charge in [-0.2, -0.15) is 0 Å². The zero-order chi connectivity index (χ0) is 16.3. The van der Waals surface area contributed by atoms with Crippen molar-refractivity contribution in [3.63, 3.8) is 0 Å². The van der Waals surface area contributed by atoms with Crippen molar-refractivity contribution in [2.75, 3.05) is 0 Å². The Balaban J connectivity index is 2.16. The minimum Gasteiger partial charge on any atom is -0.0999 e. The van der Waals surface area contributed by atoms with Gasteiger partial charge in [0.1, 0.15) is 0 Å². The monoisotopic (exact) mass is 304 g/mol. The van der Waals surface area contributed by atoms with Gasteiger partial charge in [-0.3, -0.25) is 0 Å². The lowest BCUT2D eigenvalue weighted by Gasteiger charge is -2.45. The molecule has 0 amide bonds. The third-order valence-electron chi connectivity index (χ3n) is 7.49. The molecule has 0 saturated heterocycles. The molecule has 0 spiro atoms. The van der Waals surface area contributed by atoms with Crippen LogP contribution in [0.25, 0.3) is 0 Å². The van der Waals surface area contributed by atoms with E-state index >= 15 is 0 Å².